The van der Waals surface area contributed by atoms with E-state index in [0.717, 1.165) is 0 Å². The van der Waals surface area contributed by atoms with Gasteiger partial charge in [-0.05, 0) is 36.4 Å². The van der Waals surface area contributed by atoms with Crippen LogP contribution in [0.2, 0.25) is 0 Å². The van der Waals surface area contributed by atoms with Crippen LogP contribution in [0.4, 0.5) is 5.69 Å². The van der Waals surface area contributed by atoms with Gasteiger partial charge in [-0.25, -0.2) is 9.97 Å². The van der Waals surface area contributed by atoms with Crippen molar-refractivity contribution < 1.29 is 14.4 Å². The largest absolute Gasteiger partial charge is 0.439 e. The van der Waals surface area contributed by atoms with Crippen LogP contribution in [0.15, 0.2) is 66.9 Å². The monoisotopic (exact) mass is 365 g/mol. The van der Waals surface area contributed by atoms with Crippen molar-refractivity contribution in [3.05, 3.63) is 77.0 Å². The highest BCUT2D eigenvalue weighted by atomic mass is 32.1. The molecule has 26 heavy (non-hydrogen) atoms. The van der Waals surface area contributed by atoms with Crippen LogP contribution in [0.3, 0.4) is 0 Å². The van der Waals surface area contributed by atoms with E-state index in [1.165, 1.54) is 23.5 Å². The molecule has 0 radical (unpaired) electrons. The summed E-state index contributed by atoms with van der Waals surface area (Å²) in [4.78, 5) is 18.8. The van der Waals surface area contributed by atoms with Gasteiger partial charge in [-0.3, -0.25) is 10.1 Å². The van der Waals surface area contributed by atoms with Crippen LogP contribution < -0.4 is 9.47 Å². The van der Waals surface area contributed by atoms with Crippen LogP contribution in [0, 0.1) is 10.1 Å². The van der Waals surface area contributed by atoms with Crippen molar-refractivity contribution >= 4 is 27.2 Å². The van der Waals surface area contributed by atoms with Crippen molar-refractivity contribution in [2.45, 2.75) is 0 Å². The molecular weight excluding hydrogens is 354 g/mol. The lowest BCUT2D eigenvalue weighted by molar-refractivity contribution is -0.384. The fourth-order valence-corrected chi connectivity index (χ4v) is 3.12. The number of benzene rings is 2. The Morgan fingerprint density at radius 3 is 2.42 bits per heavy atom. The first-order valence-electron chi connectivity index (χ1n) is 7.59. The van der Waals surface area contributed by atoms with Gasteiger partial charge in [0.2, 0.25) is 5.88 Å². The molecule has 0 amide bonds. The molecule has 4 rings (SSSR count). The summed E-state index contributed by atoms with van der Waals surface area (Å²) in [6.07, 6.45) is 1.66. The van der Waals surface area contributed by atoms with Crippen LogP contribution in [-0.2, 0) is 0 Å². The van der Waals surface area contributed by atoms with Gasteiger partial charge in [-0.15, -0.1) is 0 Å². The Bertz CT molecular complexity index is 1060. The second-order valence-corrected chi connectivity index (χ2v) is 6.23. The Hall–Kier alpha value is -3.52. The van der Waals surface area contributed by atoms with Crippen molar-refractivity contribution in [3.8, 4) is 22.6 Å². The van der Waals surface area contributed by atoms with Gasteiger partial charge in [0, 0.05) is 24.4 Å². The minimum Gasteiger partial charge on any atom is -0.439 e. The van der Waals surface area contributed by atoms with E-state index >= 15 is 0 Å². The fourth-order valence-electron chi connectivity index (χ4n) is 2.25. The molecule has 0 saturated heterocycles. The number of rotatable bonds is 5. The summed E-state index contributed by atoms with van der Waals surface area (Å²) in [6, 6.07) is 17.0. The van der Waals surface area contributed by atoms with E-state index in [0.29, 0.717) is 32.8 Å². The number of nitro groups is 1. The molecule has 2 heterocycles. The zero-order valence-corrected chi connectivity index (χ0v) is 14.1. The fraction of sp³-hybridized carbons (Fsp3) is 0. The van der Waals surface area contributed by atoms with Gasteiger partial charge in [0.05, 0.1) is 15.1 Å². The highest BCUT2D eigenvalue weighted by molar-refractivity contribution is 7.20. The number of thiazole rings is 1. The van der Waals surface area contributed by atoms with Gasteiger partial charge in [0.25, 0.3) is 10.9 Å². The number of hydrogen-bond donors (Lipinski definition) is 0. The average Bonchev–Trinajstić information content (AvgIpc) is 3.05. The Labute approximate surface area is 151 Å². The lowest BCUT2D eigenvalue weighted by atomic mass is 10.3. The van der Waals surface area contributed by atoms with Crippen molar-refractivity contribution in [2.75, 3.05) is 0 Å². The molecule has 7 nitrogen and oxygen atoms in total. The molecule has 0 unspecified atom stereocenters. The van der Waals surface area contributed by atoms with Crippen LogP contribution in [0.25, 0.3) is 10.2 Å². The van der Waals surface area contributed by atoms with Gasteiger partial charge < -0.3 is 9.47 Å². The molecule has 0 aliphatic heterocycles. The van der Waals surface area contributed by atoms with Crippen molar-refractivity contribution in [2.24, 2.45) is 0 Å². The summed E-state index contributed by atoms with van der Waals surface area (Å²) in [6.45, 7) is 0. The van der Waals surface area contributed by atoms with Gasteiger partial charge in [0.15, 0.2) is 0 Å². The highest BCUT2D eigenvalue weighted by Gasteiger charge is 2.11. The molecule has 8 heteroatoms. The third kappa shape index (κ3) is 3.45. The summed E-state index contributed by atoms with van der Waals surface area (Å²) in [5, 5.41) is 11.3. The summed E-state index contributed by atoms with van der Waals surface area (Å²) in [5.74, 6) is 1.73. The van der Waals surface area contributed by atoms with Crippen molar-refractivity contribution in [1.29, 1.82) is 0 Å². The standard InChI is InChI=1S/C18H11N3O4S/c22-21(23)12-4-9-15-16(11-12)26-18(20-15)25-14-7-5-13(6-8-14)24-17-3-1-2-10-19-17/h1-11H. The molecule has 0 spiro atoms. The summed E-state index contributed by atoms with van der Waals surface area (Å²) in [5.41, 5.74) is 0.689. The van der Waals surface area contributed by atoms with E-state index in [1.54, 1.807) is 42.6 Å². The second-order valence-electron chi connectivity index (χ2n) is 5.23. The van der Waals surface area contributed by atoms with Gasteiger partial charge in [-0.2, -0.15) is 0 Å². The smallest absolute Gasteiger partial charge is 0.279 e. The summed E-state index contributed by atoms with van der Waals surface area (Å²) < 4.78 is 12.1. The second kappa shape index (κ2) is 6.77. The molecule has 4 aromatic rings. The number of ether oxygens (including phenoxy) is 2. The van der Waals surface area contributed by atoms with Gasteiger partial charge in [0.1, 0.15) is 11.5 Å². The molecule has 0 bridgehead atoms. The number of fused-ring (bicyclic) bond motifs is 1. The minimum atomic E-state index is -0.431. The lowest BCUT2D eigenvalue weighted by Crippen LogP contribution is -1.87. The van der Waals surface area contributed by atoms with E-state index in [9.17, 15) is 10.1 Å². The topological polar surface area (TPSA) is 87.4 Å². The maximum absolute atomic E-state index is 10.8. The van der Waals surface area contributed by atoms with E-state index in [4.69, 9.17) is 9.47 Å². The first-order valence-corrected chi connectivity index (χ1v) is 8.41. The highest BCUT2D eigenvalue weighted by Crippen LogP contribution is 2.34. The number of aromatic nitrogens is 2. The zero-order valence-electron chi connectivity index (χ0n) is 13.2. The lowest BCUT2D eigenvalue weighted by Gasteiger charge is -2.05. The number of non-ortho nitro benzene ring substituents is 1. The van der Waals surface area contributed by atoms with Crippen LogP contribution in [0.1, 0.15) is 0 Å². The first kappa shape index (κ1) is 16.0. The number of nitrogens with zero attached hydrogens (tertiary/aromatic N) is 3. The van der Waals surface area contributed by atoms with E-state index in [2.05, 4.69) is 9.97 Å². The number of hydrogen-bond acceptors (Lipinski definition) is 7. The zero-order chi connectivity index (χ0) is 17.9. The molecule has 128 valence electrons. The van der Waals surface area contributed by atoms with Crippen molar-refractivity contribution in [1.82, 2.24) is 9.97 Å². The van der Waals surface area contributed by atoms with Crippen LogP contribution in [0.5, 0.6) is 22.6 Å². The Kier molecular flexibility index (Phi) is 4.16. The van der Waals surface area contributed by atoms with Crippen molar-refractivity contribution in [3.63, 3.8) is 0 Å². The molecule has 0 saturated carbocycles. The van der Waals surface area contributed by atoms with Gasteiger partial charge in [-0.1, -0.05) is 17.4 Å². The van der Waals surface area contributed by atoms with E-state index < -0.39 is 4.92 Å². The number of pyridine rings is 1. The van der Waals surface area contributed by atoms with Gasteiger partial charge >= 0.3 is 0 Å². The summed E-state index contributed by atoms with van der Waals surface area (Å²) >= 11 is 1.25. The number of nitro benzene ring substituents is 1. The van der Waals surface area contributed by atoms with E-state index in [-0.39, 0.29) is 5.69 Å². The predicted molar refractivity (Wildman–Crippen MR) is 97.1 cm³/mol. The predicted octanol–water partition coefficient (Wildman–Crippen LogP) is 5.18. The SMILES string of the molecule is O=[N+]([O-])c1ccc2nc(Oc3ccc(Oc4ccccn4)cc3)sc2c1. The molecule has 0 aliphatic carbocycles. The first-order chi connectivity index (χ1) is 12.7. The molecule has 0 atom stereocenters. The maximum Gasteiger partial charge on any atom is 0.279 e. The summed E-state index contributed by atoms with van der Waals surface area (Å²) in [7, 11) is 0. The quantitative estimate of drug-likeness (QED) is 0.357. The van der Waals surface area contributed by atoms with E-state index in [1.807, 2.05) is 12.1 Å². The average molecular weight is 365 g/mol. The normalized spacial score (nSPS) is 10.6. The Morgan fingerprint density at radius 1 is 0.962 bits per heavy atom. The maximum atomic E-state index is 10.8. The van der Waals surface area contributed by atoms with Crippen LogP contribution in [-0.4, -0.2) is 14.9 Å². The molecule has 2 aromatic carbocycles. The molecule has 0 N–H and O–H groups in total. The molecule has 2 aromatic heterocycles. The van der Waals surface area contributed by atoms with Crippen LogP contribution >= 0.6 is 11.3 Å². The molecule has 0 fully saturated rings. The minimum absolute atomic E-state index is 0.0312. The molecular formula is C18H11N3O4S. The third-order valence-electron chi connectivity index (χ3n) is 3.45. The molecule has 0 aliphatic rings. The Balaban J connectivity index is 1.50. The third-order valence-corrected chi connectivity index (χ3v) is 4.35. The Morgan fingerprint density at radius 2 is 1.73 bits per heavy atom.